The molecule has 0 heterocycles. The monoisotopic (exact) mass is 351 g/mol. The van der Waals surface area contributed by atoms with Gasteiger partial charge in [-0.15, -0.1) is 0 Å². The number of ether oxygens (including phenoxy) is 1. The molecule has 0 aromatic heterocycles. The van der Waals surface area contributed by atoms with E-state index in [9.17, 15) is 13.2 Å². The number of carbonyl (C=O) groups excluding carboxylic acids is 1. The van der Waals surface area contributed by atoms with E-state index in [-0.39, 0.29) is 27.4 Å². The van der Waals surface area contributed by atoms with Crippen molar-refractivity contribution in [1.82, 2.24) is 4.90 Å². The van der Waals surface area contributed by atoms with E-state index in [0.717, 1.165) is 12.8 Å². The maximum atomic E-state index is 12.6. The number of hydrogen-bond acceptors (Lipinski definition) is 4. The summed E-state index contributed by atoms with van der Waals surface area (Å²) in [6.45, 7) is 0.849. The quantitative estimate of drug-likeness (QED) is 0.738. The molecule has 8 heteroatoms. The molecule has 0 unspecified atom stereocenters. The molecule has 1 amide bonds. The van der Waals surface area contributed by atoms with Crippen LogP contribution in [0.3, 0.4) is 0 Å². The molecule has 0 N–H and O–H groups in total. The van der Waals surface area contributed by atoms with Crippen LogP contribution < -0.4 is 0 Å². The normalized spacial score (nSPS) is 15.0. The molecule has 0 saturated heterocycles. The van der Waals surface area contributed by atoms with E-state index in [1.165, 1.54) is 18.2 Å². The summed E-state index contributed by atoms with van der Waals surface area (Å²) in [4.78, 5) is 14.1. The zero-order valence-electron chi connectivity index (χ0n) is 11.4. The number of hydrogen-bond donors (Lipinski definition) is 0. The van der Waals surface area contributed by atoms with E-state index in [0.29, 0.717) is 13.2 Å². The third-order valence-electron chi connectivity index (χ3n) is 3.23. The fourth-order valence-corrected chi connectivity index (χ4v) is 2.98. The minimum Gasteiger partial charge on any atom is -0.383 e. The van der Waals surface area contributed by atoms with Crippen LogP contribution >= 0.6 is 22.3 Å². The van der Waals surface area contributed by atoms with Crippen LogP contribution in [0.1, 0.15) is 23.2 Å². The van der Waals surface area contributed by atoms with Gasteiger partial charge in [-0.25, -0.2) is 8.42 Å². The van der Waals surface area contributed by atoms with Crippen molar-refractivity contribution in [2.45, 2.75) is 23.8 Å². The average Bonchev–Trinajstić information content (AvgIpc) is 3.22. The summed E-state index contributed by atoms with van der Waals surface area (Å²) < 4.78 is 27.8. The van der Waals surface area contributed by atoms with Crippen LogP contribution in [0.25, 0.3) is 0 Å². The SMILES string of the molecule is COCCN(C(=O)c1cc(S(=O)(=O)Cl)ccc1Cl)C1CC1. The smallest absolute Gasteiger partial charge is 0.261 e. The van der Waals surface area contributed by atoms with Crippen LogP contribution in [0.15, 0.2) is 23.1 Å². The maximum absolute atomic E-state index is 12.6. The van der Waals surface area contributed by atoms with Crippen molar-refractivity contribution < 1.29 is 17.9 Å². The molecule has 1 aliphatic rings. The van der Waals surface area contributed by atoms with Crippen molar-refractivity contribution in [1.29, 1.82) is 0 Å². The molecule has 21 heavy (non-hydrogen) atoms. The molecule has 1 fully saturated rings. The molecule has 0 bridgehead atoms. The maximum Gasteiger partial charge on any atom is 0.261 e. The predicted octanol–water partition coefficient (Wildman–Crippen LogP) is 2.52. The third-order valence-corrected chi connectivity index (χ3v) is 4.92. The van der Waals surface area contributed by atoms with Gasteiger partial charge in [-0.1, -0.05) is 11.6 Å². The first-order valence-electron chi connectivity index (χ1n) is 6.38. The van der Waals surface area contributed by atoms with Crippen molar-refractivity contribution in [3.8, 4) is 0 Å². The van der Waals surface area contributed by atoms with Crippen LogP contribution in [0.2, 0.25) is 5.02 Å². The molecule has 1 aromatic carbocycles. The van der Waals surface area contributed by atoms with Crippen LogP contribution in [0.4, 0.5) is 0 Å². The fraction of sp³-hybridized carbons (Fsp3) is 0.462. The van der Waals surface area contributed by atoms with Crippen LogP contribution in [0, 0.1) is 0 Å². The minimum atomic E-state index is -3.90. The first-order chi connectivity index (χ1) is 9.84. The molecule has 5 nitrogen and oxygen atoms in total. The zero-order valence-corrected chi connectivity index (χ0v) is 13.7. The summed E-state index contributed by atoms with van der Waals surface area (Å²) in [5.74, 6) is -0.304. The summed E-state index contributed by atoms with van der Waals surface area (Å²) >= 11 is 6.03. The van der Waals surface area contributed by atoms with Gasteiger partial charge in [0, 0.05) is 30.4 Å². The largest absolute Gasteiger partial charge is 0.383 e. The van der Waals surface area contributed by atoms with Crippen LogP contribution in [0.5, 0.6) is 0 Å². The van der Waals surface area contributed by atoms with Gasteiger partial charge < -0.3 is 9.64 Å². The number of benzene rings is 1. The fourth-order valence-electron chi connectivity index (χ4n) is 2.00. The van der Waals surface area contributed by atoms with E-state index in [1.54, 1.807) is 12.0 Å². The van der Waals surface area contributed by atoms with Gasteiger partial charge in [0.2, 0.25) is 0 Å². The lowest BCUT2D eigenvalue weighted by Crippen LogP contribution is -2.36. The summed E-state index contributed by atoms with van der Waals surface area (Å²) in [5, 5.41) is 0.201. The van der Waals surface area contributed by atoms with Crippen molar-refractivity contribution in [2.24, 2.45) is 0 Å². The molecular formula is C13H15Cl2NO4S. The first kappa shape index (κ1) is 16.5. The third kappa shape index (κ3) is 4.10. The van der Waals surface area contributed by atoms with Crippen molar-refractivity contribution >= 4 is 37.2 Å². The Labute approximate surface area is 133 Å². The lowest BCUT2D eigenvalue weighted by Gasteiger charge is -2.22. The zero-order chi connectivity index (χ0) is 15.6. The molecule has 116 valence electrons. The van der Waals surface area contributed by atoms with Gasteiger partial charge in [0.05, 0.1) is 22.1 Å². The Morgan fingerprint density at radius 3 is 2.62 bits per heavy atom. The van der Waals surface area contributed by atoms with E-state index in [1.807, 2.05) is 0 Å². The van der Waals surface area contributed by atoms with Gasteiger partial charge in [-0.3, -0.25) is 4.79 Å². The van der Waals surface area contributed by atoms with Gasteiger partial charge in [-0.05, 0) is 31.0 Å². The highest BCUT2D eigenvalue weighted by Crippen LogP contribution is 2.30. The number of amides is 1. The second-order valence-corrected chi connectivity index (χ2v) is 7.78. The second kappa shape index (κ2) is 6.52. The Balaban J connectivity index is 2.32. The Kier molecular flexibility index (Phi) is 5.14. The molecule has 1 aliphatic carbocycles. The molecule has 1 saturated carbocycles. The summed E-state index contributed by atoms with van der Waals surface area (Å²) in [6, 6.07) is 4.03. The summed E-state index contributed by atoms with van der Waals surface area (Å²) in [6.07, 6.45) is 1.86. The lowest BCUT2D eigenvalue weighted by molar-refractivity contribution is 0.0680. The molecule has 0 spiro atoms. The molecule has 0 aliphatic heterocycles. The van der Waals surface area contributed by atoms with E-state index < -0.39 is 9.05 Å². The number of methoxy groups -OCH3 is 1. The Bertz CT molecular complexity index is 644. The highest BCUT2D eigenvalue weighted by molar-refractivity contribution is 8.13. The Hall–Kier alpha value is -0.820. The molecule has 2 rings (SSSR count). The number of rotatable bonds is 6. The van der Waals surface area contributed by atoms with Gasteiger partial charge in [0.1, 0.15) is 0 Å². The standard InChI is InChI=1S/C13H15Cl2NO4S/c1-20-7-6-16(9-2-3-9)13(17)11-8-10(21(15,18)19)4-5-12(11)14/h4-5,8-9H,2-3,6-7H2,1H3. The predicted molar refractivity (Wildman–Crippen MR) is 80.4 cm³/mol. The van der Waals surface area contributed by atoms with E-state index in [4.69, 9.17) is 27.0 Å². The summed E-state index contributed by atoms with van der Waals surface area (Å²) in [5.41, 5.74) is 0.140. The number of carbonyl (C=O) groups is 1. The summed E-state index contributed by atoms with van der Waals surface area (Å²) in [7, 11) is 2.96. The Morgan fingerprint density at radius 2 is 2.10 bits per heavy atom. The average molecular weight is 352 g/mol. The van der Waals surface area contributed by atoms with Crippen LogP contribution in [-0.4, -0.2) is 45.5 Å². The second-order valence-electron chi connectivity index (χ2n) is 4.80. The van der Waals surface area contributed by atoms with Gasteiger partial charge in [0.15, 0.2) is 0 Å². The topological polar surface area (TPSA) is 63.7 Å². The van der Waals surface area contributed by atoms with Crippen molar-refractivity contribution in [2.75, 3.05) is 20.3 Å². The highest BCUT2D eigenvalue weighted by atomic mass is 35.7. The van der Waals surface area contributed by atoms with Gasteiger partial charge >= 0.3 is 0 Å². The molecular weight excluding hydrogens is 337 g/mol. The number of halogens is 2. The van der Waals surface area contributed by atoms with Crippen LogP contribution in [-0.2, 0) is 13.8 Å². The van der Waals surface area contributed by atoms with Crippen molar-refractivity contribution in [3.05, 3.63) is 28.8 Å². The van der Waals surface area contributed by atoms with Gasteiger partial charge in [-0.2, -0.15) is 0 Å². The highest BCUT2D eigenvalue weighted by Gasteiger charge is 2.33. The lowest BCUT2D eigenvalue weighted by atomic mass is 10.2. The van der Waals surface area contributed by atoms with Crippen molar-refractivity contribution in [3.63, 3.8) is 0 Å². The number of nitrogens with zero attached hydrogens (tertiary/aromatic N) is 1. The van der Waals surface area contributed by atoms with E-state index >= 15 is 0 Å². The molecule has 0 radical (unpaired) electrons. The minimum absolute atomic E-state index is 0.139. The Morgan fingerprint density at radius 1 is 1.43 bits per heavy atom. The van der Waals surface area contributed by atoms with Gasteiger partial charge in [0.25, 0.3) is 15.0 Å². The molecule has 0 atom stereocenters. The first-order valence-corrected chi connectivity index (χ1v) is 9.07. The molecule has 1 aromatic rings. The van der Waals surface area contributed by atoms with E-state index in [2.05, 4.69) is 0 Å².